The average Bonchev–Trinajstić information content (AvgIpc) is 2.54. The van der Waals surface area contributed by atoms with E-state index in [4.69, 9.17) is 10.6 Å². The van der Waals surface area contributed by atoms with Gasteiger partial charge in [-0.15, -0.1) is 11.3 Å². The third kappa shape index (κ3) is 3.08. The Hall–Kier alpha value is -0.420. The number of thiophene rings is 1. The Morgan fingerprint density at radius 1 is 1.62 bits per heavy atom. The standard InChI is InChI=1S/C9H16N2OS/c1-7-3-4-9(13-7)8(11-10)5-6-12-2/h3-4,8,11H,5-6,10H2,1-2H3. The number of rotatable bonds is 5. The molecule has 1 unspecified atom stereocenters. The second-order valence-corrected chi connectivity index (χ2v) is 4.27. The van der Waals surface area contributed by atoms with Crippen molar-refractivity contribution in [1.82, 2.24) is 5.43 Å². The molecule has 1 rings (SSSR count). The quantitative estimate of drug-likeness (QED) is 0.560. The summed E-state index contributed by atoms with van der Waals surface area (Å²) in [5.41, 5.74) is 2.80. The molecule has 0 radical (unpaired) electrons. The van der Waals surface area contributed by atoms with E-state index in [1.165, 1.54) is 9.75 Å². The van der Waals surface area contributed by atoms with Crippen LogP contribution in [-0.2, 0) is 4.74 Å². The van der Waals surface area contributed by atoms with Gasteiger partial charge in [0.2, 0.25) is 0 Å². The highest BCUT2D eigenvalue weighted by Crippen LogP contribution is 2.24. The molecule has 1 aromatic rings. The van der Waals surface area contributed by atoms with Crippen molar-refractivity contribution in [3.8, 4) is 0 Å². The number of methoxy groups -OCH3 is 1. The summed E-state index contributed by atoms with van der Waals surface area (Å²) in [6.45, 7) is 2.82. The lowest BCUT2D eigenvalue weighted by Crippen LogP contribution is -2.28. The first kappa shape index (κ1) is 10.7. The lowest BCUT2D eigenvalue weighted by Gasteiger charge is -2.12. The smallest absolute Gasteiger partial charge is 0.0575 e. The summed E-state index contributed by atoms with van der Waals surface area (Å²) in [6.07, 6.45) is 0.910. The Morgan fingerprint density at radius 3 is 2.85 bits per heavy atom. The summed E-state index contributed by atoms with van der Waals surface area (Å²) >= 11 is 1.77. The number of nitrogens with two attached hydrogens (primary N) is 1. The minimum Gasteiger partial charge on any atom is -0.385 e. The molecule has 0 aliphatic heterocycles. The normalized spacial score (nSPS) is 13.2. The fraction of sp³-hybridized carbons (Fsp3) is 0.556. The largest absolute Gasteiger partial charge is 0.385 e. The van der Waals surface area contributed by atoms with Gasteiger partial charge >= 0.3 is 0 Å². The zero-order chi connectivity index (χ0) is 9.68. The van der Waals surface area contributed by atoms with Crippen LogP contribution < -0.4 is 11.3 Å². The second-order valence-electron chi connectivity index (χ2n) is 2.95. The van der Waals surface area contributed by atoms with Crippen LogP contribution in [0.2, 0.25) is 0 Å². The predicted octanol–water partition coefficient (Wildman–Crippen LogP) is 1.60. The van der Waals surface area contributed by atoms with Gasteiger partial charge in [0.15, 0.2) is 0 Å². The van der Waals surface area contributed by atoms with E-state index in [9.17, 15) is 0 Å². The number of aryl methyl sites for hydroxylation is 1. The molecular formula is C9H16N2OS. The summed E-state index contributed by atoms with van der Waals surface area (Å²) in [6, 6.07) is 4.44. The van der Waals surface area contributed by atoms with E-state index in [0.29, 0.717) is 0 Å². The van der Waals surface area contributed by atoms with Crippen LogP contribution in [0.25, 0.3) is 0 Å². The van der Waals surface area contributed by atoms with Crippen LogP contribution in [0.4, 0.5) is 0 Å². The van der Waals surface area contributed by atoms with Crippen molar-refractivity contribution in [2.24, 2.45) is 5.84 Å². The van der Waals surface area contributed by atoms with Gasteiger partial charge in [0.25, 0.3) is 0 Å². The zero-order valence-corrected chi connectivity index (χ0v) is 8.86. The van der Waals surface area contributed by atoms with Crippen LogP contribution in [0.3, 0.4) is 0 Å². The van der Waals surface area contributed by atoms with E-state index in [1.807, 2.05) is 0 Å². The van der Waals surface area contributed by atoms with Gasteiger partial charge in [-0.3, -0.25) is 11.3 Å². The molecule has 0 saturated heterocycles. The lowest BCUT2D eigenvalue weighted by atomic mass is 10.2. The van der Waals surface area contributed by atoms with E-state index in [0.717, 1.165) is 13.0 Å². The molecule has 0 amide bonds. The average molecular weight is 200 g/mol. The van der Waals surface area contributed by atoms with Crippen molar-refractivity contribution >= 4 is 11.3 Å². The molecule has 0 aliphatic carbocycles. The van der Waals surface area contributed by atoms with E-state index >= 15 is 0 Å². The number of hydrogen-bond acceptors (Lipinski definition) is 4. The van der Waals surface area contributed by atoms with Crippen molar-refractivity contribution in [2.45, 2.75) is 19.4 Å². The van der Waals surface area contributed by atoms with Crippen LogP contribution in [0, 0.1) is 6.92 Å². The van der Waals surface area contributed by atoms with Gasteiger partial charge in [0.05, 0.1) is 6.04 Å². The fourth-order valence-electron chi connectivity index (χ4n) is 1.18. The van der Waals surface area contributed by atoms with E-state index in [-0.39, 0.29) is 6.04 Å². The van der Waals surface area contributed by atoms with Crippen molar-refractivity contribution in [3.63, 3.8) is 0 Å². The summed E-state index contributed by atoms with van der Waals surface area (Å²) in [4.78, 5) is 2.59. The summed E-state index contributed by atoms with van der Waals surface area (Å²) < 4.78 is 5.01. The van der Waals surface area contributed by atoms with Gasteiger partial charge in [-0.25, -0.2) is 0 Å². The third-order valence-electron chi connectivity index (χ3n) is 1.92. The van der Waals surface area contributed by atoms with Crippen LogP contribution in [0.15, 0.2) is 12.1 Å². The predicted molar refractivity (Wildman–Crippen MR) is 55.6 cm³/mol. The Kier molecular flexibility index (Phi) is 4.38. The van der Waals surface area contributed by atoms with E-state index < -0.39 is 0 Å². The second kappa shape index (κ2) is 5.34. The molecule has 0 spiro atoms. The Labute approximate surface area is 82.9 Å². The number of hydrogen-bond donors (Lipinski definition) is 2. The molecule has 0 bridgehead atoms. The highest BCUT2D eigenvalue weighted by atomic mass is 32.1. The molecule has 1 aromatic heterocycles. The maximum absolute atomic E-state index is 5.46. The molecule has 3 N–H and O–H groups in total. The molecule has 1 heterocycles. The Morgan fingerprint density at radius 2 is 2.38 bits per heavy atom. The van der Waals surface area contributed by atoms with Crippen LogP contribution in [-0.4, -0.2) is 13.7 Å². The molecule has 0 fully saturated rings. The number of nitrogens with one attached hydrogen (secondary N) is 1. The summed E-state index contributed by atoms with van der Waals surface area (Å²) in [5.74, 6) is 5.46. The molecule has 0 aliphatic rings. The summed E-state index contributed by atoms with van der Waals surface area (Å²) in [7, 11) is 1.70. The topological polar surface area (TPSA) is 47.3 Å². The molecule has 0 saturated carbocycles. The van der Waals surface area contributed by atoms with E-state index in [1.54, 1.807) is 18.4 Å². The van der Waals surface area contributed by atoms with Crippen molar-refractivity contribution in [1.29, 1.82) is 0 Å². The third-order valence-corrected chi connectivity index (χ3v) is 3.03. The maximum atomic E-state index is 5.46. The first-order valence-electron chi connectivity index (χ1n) is 4.29. The number of hydrazine groups is 1. The highest BCUT2D eigenvalue weighted by molar-refractivity contribution is 7.12. The SMILES string of the molecule is COCCC(NN)c1ccc(C)s1. The molecule has 13 heavy (non-hydrogen) atoms. The summed E-state index contributed by atoms with van der Waals surface area (Å²) in [5, 5.41) is 0. The van der Waals surface area contributed by atoms with Gasteiger partial charge in [0.1, 0.15) is 0 Å². The van der Waals surface area contributed by atoms with Gasteiger partial charge in [-0.05, 0) is 25.5 Å². The molecular weight excluding hydrogens is 184 g/mol. The van der Waals surface area contributed by atoms with Crippen molar-refractivity contribution in [3.05, 3.63) is 21.9 Å². The molecule has 3 nitrogen and oxygen atoms in total. The van der Waals surface area contributed by atoms with Gasteiger partial charge in [0, 0.05) is 23.5 Å². The Bertz CT molecular complexity index is 250. The van der Waals surface area contributed by atoms with Gasteiger partial charge in [-0.2, -0.15) is 0 Å². The van der Waals surface area contributed by atoms with Crippen LogP contribution in [0.5, 0.6) is 0 Å². The minimum atomic E-state index is 0.221. The molecule has 1 atom stereocenters. The van der Waals surface area contributed by atoms with E-state index in [2.05, 4.69) is 24.5 Å². The van der Waals surface area contributed by atoms with Crippen LogP contribution >= 0.6 is 11.3 Å². The van der Waals surface area contributed by atoms with Crippen LogP contribution in [0.1, 0.15) is 22.2 Å². The van der Waals surface area contributed by atoms with Crippen molar-refractivity contribution in [2.75, 3.05) is 13.7 Å². The molecule has 0 aromatic carbocycles. The molecule has 4 heteroatoms. The first-order valence-corrected chi connectivity index (χ1v) is 5.11. The Balaban J connectivity index is 2.56. The zero-order valence-electron chi connectivity index (χ0n) is 8.04. The monoisotopic (exact) mass is 200 g/mol. The molecule has 74 valence electrons. The van der Waals surface area contributed by atoms with Gasteiger partial charge in [-0.1, -0.05) is 0 Å². The number of ether oxygens (including phenoxy) is 1. The minimum absolute atomic E-state index is 0.221. The maximum Gasteiger partial charge on any atom is 0.0575 e. The first-order chi connectivity index (χ1) is 6.27. The fourth-order valence-corrected chi connectivity index (χ4v) is 2.16. The van der Waals surface area contributed by atoms with Crippen molar-refractivity contribution < 1.29 is 4.74 Å². The lowest BCUT2D eigenvalue weighted by molar-refractivity contribution is 0.183. The highest BCUT2D eigenvalue weighted by Gasteiger charge is 2.10. The van der Waals surface area contributed by atoms with Gasteiger partial charge < -0.3 is 4.74 Å².